The van der Waals surface area contributed by atoms with Crippen molar-refractivity contribution in [3.05, 3.63) is 71.8 Å². The van der Waals surface area contributed by atoms with Crippen LogP contribution in [0.15, 0.2) is 60.7 Å². The maximum atomic E-state index is 6.58. The molecule has 23 heavy (non-hydrogen) atoms. The Labute approximate surface area is 137 Å². The van der Waals surface area contributed by atoms with Gasteiger partial charge in [-0.05, 0) is 19.4 Å². The van der Waals surface area contributed by atoms with E-state index >= 15 is 0 Å². The van der Waals surface area contributed by atoms with Crippen LogP contribution in [0.2, 0.25) is 0 Å². The highest BCUT2D eigenvalue weighted by Crippen LogP contribution is 2.41. The number of piperidine rings is 1. The van der Waals surface area contributed by atoms with Crippen LogP contribution in [0.25, 0.3) is 0 Å². The van der Waals surface area contributed by atoms with Gasteiger partial charge in [0.1, 0.15) is 6.10 Å². The van der Waals surface area contributed by atoms with E-state index in [9.17, 15) is 0 Å². The van der Waals surface area contributed by atoms with E-state index in [0.717, 1.165) is 24.1 Å². The number of benzene rings is 2. The Morgan fingerprint density at radius 1 is 0.870 bits per heavy atom. The zero-order chi connectivity index (χ0) is 15.5. The van der Waals surface area contributed by atoms with Crippen LogP contribution in [0.1, 0.15) is 30.4 Å². The fourth-order valence-electron chi connectivity index (χ4n) is 3.66. The summed E-state index contributed by atoms with van der Waals surface area (Å²) in [4.78, 5) is 0. The van der Waals surface area contributed by atoms with E-state index in [1.54, 1.807) is 0 Å². The first-order valence-corrected chi connectivity index (χ1v) is 8.55. The molecule has 0 spiro atoms. The van der Waals surface area contributed by atoms with Crippen LogP contribution in [0, 0.1) is 0 Å². The quantitative estimate of drug-likeness (QED) is 0.942. The molecule has 0 aromatic heterocycles. The Hall–Kier alpha value is -1.68. The van der Waals surface area contributed by atoms with Crippen molar-refractivity contribution in [3.63, 3.8) is 0 Å². The van der Waals surface area contributed by atoms with Gasteiger partial charge in [0.25, 0.3) is 0 Å². The average molecular weight is 309 g/mol. The first-order valence-electron chi connectivity index (χ1n) is 8.55. The van der Waals surface area contributed by atoms with Crippen LogP contribution in [-0.2, 0) is 15.3 Å². The van der Waals surface area contributed by atoms with Gasteiger partial charge in [-0.2, -0.15) is 0 Å². The van der Waals surface area contributed by atoms with Crippen LogP contribution in [0.5, 0.6) is 0 Å². The standard InChI is InChI=1S/C20H23NO2/c1-3-9-16(10-4-1)20(17-11-5-2-6-12-17)22-15-19(23-20)18-13-7-8-14-21-18/h1-6,9-12,18-19,21H,7-8,13-15H2/t18-,19-/m0/s1. The zero-order valence-corrected chi connectivity index (χ0v) is 13.3. The second kappa shape index (κ2) is 6.44. The first-order chi connectivity index (χ1) is 11.4. The second-order valence-electron chi connectivity index (χ2n) is 6.37. The van der Waals surface area contributed by atoms with E-state index < -0.39 is 5.79 Å². The van der Waals surface area contributed by atoms with Gasteiger partial charge in [-0.15, -0.1) is 0 Å². The van der Waals surface area contributed by atoms with Crippen molar-refractivity contribution in [2.45, 2.75) is 37.2 Å². The van der Waals surface area contributed by atoms with Gasteiger partial charge in [0, 0.05) is 17.2 Å². The molecule has 1 N–H and O–H groups in total. The molecule has 0 radical (unpaired) electrons. The second-order valence-corrected chi connectivity index (χ2v) is 6.37. The lowest BCUT2D eigenvalue weighted by atomic mass is 9.97. The van der Waals surface area contributed by atoms with Crippen molar-refractivity contribution in [1.82, 2.24) is 5.32 Å². The summed E-state index contributed by atoms with van der Waals surface area (Å²) in [5, 5.41) is 3.60. The molecule has 2 aliphatic rings. The van der Waals surface area contributed by atoms with E-state index in [0.29, 0.717) is 12.6 Å². The fraction of sp³-hybridized carbons (Fsp3) is 0.400. The molecule has 0 bridgehead atoms. The lowest BCUT2D eigenvalue weighted by molar-refractivity contribution is -0.146. The lowest BCUT2D eigenvalue weighted by Crippen LogP contribution is -2.45. The van der Waals surface area contributed by atoms with Gasteiger partial charge < -0.3 is 14.8 Å². The van der Waals surface area contributed by atoms with Gasteiger partial charge in [-0.25, -0.2) is 0 Å². The normalized spacial score (nSPS) is 27.0. The van der Waals surface area contributed by atoms with Gasteiger partial charge >= 0.3 is 0 Å². The third-order valence-corrected chi connectivity index (χ3v) is 4.87. The number of ether oxygens (including phenoxy) is 2. The van der Waals surface area contributed by atoms with Crippen molar-refractivity contribution in [2.75, 3.05) is 13.2 Å². The minimum absolute atomic E-state index is 0.0933. The third-order valence-electron chi connectivity index (χ3n) is 4.87. The molecule has 3 heteroatoms. The highest BCUT2D eigenvalue weighted by Gasteiger charge is 2.47. The number of hydrogen-bond donors (Lipinski definition) is 1. The van der Waals surface area contributed by atoms with Crippen molar-refractivity contribution in [3.8, 4) is 0 Å². The molecule has 2 aliphatic heterocycles. The summed E-state index contributed by atoms with van der Waals surface area (Å²) in [5.41, 5.74) is 2.12. The van der Waals surface area contributed by atoms with Gasteiger partial charge in [-0.3, -0.25) is 0 Å². The van der Waals surface area contributed by atoms with Crippen molar-refractivity contribution < 1.29 is 9.47 Å². The molecule has 0 unspecified atom stereocenters. The minimum atomic E-state index is -0.785. The van der Waals surface area contributed by atoms with Gasteiger partial charge in [0.05, 0.1) is 6.61 Å². The summed E-state index contributed by atoms with van der Waals surface area (Å²) in [6.45, 7) is 1.70. The molecule has 0 saturated carbocycles. The molecule has 0 amide bonds. The average Bonchev–Trinajstić information content (AvgIpc) is 3.11. The van der Waals surface area contributed by atoms with E-state index in [4.69, 9.17) is 9.47 Å². The Morgan fingerprint density at radius 2 is 1.52 bits per heavy atom. The monoisotopic (exact) mass is 309 g/mol. The van der Waals surface area contributed by atoms with Crippen molar-refractivity contribution >= 4 is 0 Å². The van der Waals surface area contributed by atoms with Crippen LogP contribution in [0.3, 0.4) is 0 Å². The third kappa shape index (κ3) is 2.80. The Bertz CT molecular complexity index is 583. The molecule has 120 valence electrons. The molecule has 2 aromatic carbocycles. The maximum absolute atomic E-state index is 6.58. The van der Waals surface area contributed by atoms with Crippen LogP contribution >= 0.6 is 0 Å². The van der Waals surface area contributed by atoms with E-state index in [2.05, 4.69) is 29.6 Å². The zero-order valence-electron chi connectivity index (χ0n) is 13.3. The topological polar surface area (TPSA) is 30.5 Å². The number of nitrogens with one attached hydrogen (secondary N) is 1. The lowest BCUT2D eigenvalue weighted by Gasteiger charge is -2.32. The molecular weight excluding hydrogens is 286 g/mol. The Morgan fingerprint density at radius 3 is 2.09 bits per heavy atom. The first kappa shape index (κ1) is 14.9. The Kier molecular flexibility index (Phi) is 4.17. The number of hydrogen-bond acceptors (Lipinski definition) is 3. The van der Waals surface area contributed by atoms with Crippen molar-refractivity contribution in [2.24, 2.45) is 0 Å². The summed E-state index contributed by atoms with van der Waals surface area (Å²) in [6.07, 6.45) is 3.78. The summed E-state index contributed by atoms with van der Waals surface area (Å²) in [5.74, 6) is -0.785. The van der Waals surface area contributed by atoms with Crippen molar-refractivity contribution in [1.29, 1.82) is 0 Å². The Balaban J connectivity index is 1.68. The number of rotatable bonds is 3. The molecule has 2 heterocycles. The summed E-state index contributed by atoms with van der Waals surface area (Å²) in [6, 6.07) is 20.9. The van der Waals surface area contributed by atoms with E-state index in [1.165, 1.54) is 12.8 Å². The van der Waals surface area contributed by atoms with Gasteiger partial charge in [0.2, 0.25) is 5.79 Å². The van der Waals surface area contributed by atoms with Crippen LogP contribution in [-0.4, -0.2) is 25.3 Å². The fourth-order valence-corrected chi connectivity index (χ4v) is 3.66. The molecular formula is C20H23NO2. The maximum Gasteiger partial charge on any atom is 0.222 e. The summed E-state index contributed by atoms with van der Waals surface area (Å²) < 4.78 is 12.9. The van der Waals surface area contributed by atoms with E-state index in [-0.39, 0.29) is 6.10 Å². The molecule has 2 saturated heterocycles. The smallest absolute Gasteiger partial charge is 0.222 e. The molecule has 0 aliphatic carbocycles. The van der Waals surface area contributed by atoms with Crippen LogP contribution in [0.4, 0.5) is 0 Å². The van der Waals surface area contributed by atoms with Gasteiger partial charge in [-0.1, -0.05) is 67.1 Å². The summed E-state index contributed by atoms with van der Waals surface area (Å²) in [7, 11) is 0. The molecule has 4 rings (SSSR count). The van der Waals surface area contributed by atoms with E-state index in [1.807, 2.05) is 36.4 Å². The van der Waals surface area contributed by atoms with Gasteiger partial charge in [0.15, 0.2) is 0 Å². The molecule has 3 nitrogen and oxygen atoms in total. The minimum Gasteiger partial charge on any atom is -0.339 e. The predicted octanol–water partition coefficient (Wildman–Crippen LogP) is 3.45. The predicted molar refractivity (Wildman–Crippen MR) is 90.1 cm³/mol. The molecule has 2 aromatic rings. The largest absolute Gasteiger partial charge is 0.339 e. The highest BCUT2D eigenvalue weighted by molar-refractivity contribution is 5.34. The summed E-state index contributed by atoms with van der Waals surface area (Å²) >= 11 is 0. The highest BCUT2D eigenvalue weighted by atomic mass is 16.7. The SMILES string of the molecule is c1ccc(C2(c3ccccc3)OC[C@@H]([C@@H]3CCCCN3)O2)cc1. The molecule has 2 fully saturated rings. The molecule has 2 atom stereocenters. The van der Waals surface area contributed by atoms with Crippen LogP contribution < -0.4 is 5.32 Å².